The highest BCUT2D eigenvalue weighted by atomic mass is 32.1. The summed E-state index contributed by atoms with van der Waals surface area (Å²) in [6.45, 7) is 2.00. The zero-order valence-electron chi connectivity index (χ0n) is 13.5. The number of nitro benzene ring substituents is 1. The Hall–Kier alpha value is -3.01. The van der Waals surface area contributed by atoms with E-state index in [-0.39, 0.29) is 30.0 Å². The lowest BCUT2D eigenvalue weighted by molar-refractivity contribution is -0.385. The third-order valence-electron chi connectivity index (χ3n) is 3.04. The van der Waals surface area contributed by atoms with Gasteiger partial charge in [-0.1, -0.05) is 0 Å². The Balaban J connectivity index is 2.08. The van der Waals surface area contributed by atoms with Crippen molar-refractivity contribution in [2.45, 2.75) is 13.3 Å². The van der Waals surface area contributed by atoms with Crippen LogP contribution in [0.3, 0.4) is 0 Å². The minimum atomic E-state index is -0.594. The van der Waals surface area contributed by atoms with Gasteiger partial charge < -0.3 is 9.47 Å². The van der Waals surface area contributed by atoms with E-state index in [2.05, 4.69) is 10.3 Å². The number of carbonyl (C=O) groups excluding carboxylic acids is 2. The molecule has 0 atom stereocenters. The van der Waals surface area contributed by atoms with E-state index < -0.39 is 16.8 Å². The van der Waals surface area contributed by atoms with Crippen molar-refractivity contribution in [3.05, 3.63) is 45.0 Å². The molecule has 0 saturated heterocycles. The first-order valence-corrected chi connectivity index (χ1v) is 8.06. The Morgan fingerprint density at radius 3 is 2.80 bits per heavy atom. The molecule has 0 aliphatic carbocycles. The van der Waals surface area contributed by atoms with E-state index in [0.717, 1.165) is 11.3 Å². The van der Waals surface area contributed by atoms with Gasteiger partial charge in [-0.2, -0.15) is 0 Å². The number of hydrogen-bond acceptors (Lipinski definition) is 8. The predicted octanol–water partition coefficient (Wildman–Crippen LogP) is 2.42. The molecule has 2 aromatic rings. The molecule has 0 radical (unpaired) electrons. The first-order chi connectivity index (χ1) is 11.9. The molecule has 0 bridgehead atoms. The van der Waals surface area contributed by atoms with Crippen LogP contribution in [0.4, 0.5) is 10.8 Å². The van der Waals surface area contributed by atoms with Crippen LogP contribution >= 0.6 is 11.3 Å². The second-order valence-corrected chi connectivity index (χ2v) is 5.58. The lowest BCUT2D eigenvalue weighted by atomic mass is 10.2. The maximum atomic E-state index is 12.2. The van der Waals surface area contributed by atoms with Crippen molar-refractivity contribution >= 4 is 34.0 Å². The Labute approximate surface area is 146 Å². The minimum Gasteiger partial charge on any atom is -0.490 e. The van der Waals surface area contributed by atoms with Crippen LogP contribution in [0.1, 0.15) is 23.0 Å². The van der Waals surface area contributed by atoms with Gasteiger partial charge in [-0.3, -0.25) is 25.0 Å². The number of benzene rings is 1. The van der Waals surface area contributed by atoms with Gasteiger partial charge in [-0.15, -0.1) is 11.3 Å². The molecule has 132 valence electrons. The Morgan fingerprint density at radius 2 is 2.16 bits per heavy atom. The second kappa shape index (κ2) is 8.20. The minimum absolute atomic E-state index is 0.0141. The molecule has 1 amide bonds. The summed E-state index contributed by atoms with van der Waals surface area (Å²) in [6.07, 6.45) is 0.0194. The lowest BCUT2D eigenvalue weighted by Gasteiger charge is -2.05. The highest BCUT2D eigenvalue weighted by Gasteiger charge is 2.18. The first kappa shape index (κ1) is 18.3. The van der Waals surface area contributed by atoms with Crippen LogP contribution in [0.5, 0.6) is 5.75 Å². The average molecular weight is 365 g/mol. The molecule has 1 N–H and O–H groups in total. The molecule has 0 spiro atoms. The summed E-state index contributed by atoms with van der Waals surface area (Å²) in [5.74, 6) is -0.907. The van der Waals surface area contributed by atoms with E-state index in [1.807, 2.05) is 0 Å². The molecular weight excluding hydrogens is 350 g/mol. The van der Waals surface area contributed by atoms with Crippen molar-refractivity contribution < 1.29 is 24.0 Å². The Bertz CT molecular complexity index is 804. The van der Waals surface area contributed by atoms with Crippen molar-refractivity contribution in [3.63, 3.8) is 0 Å². The van der Waals surface area contributed by atoms with Gasteiger partial charge in [0.2, 0.25) is 0 Å². The van der Waals surface area contributed by atoms with Crippen LogP contribution in [0.25, 0.3) is 0 Å². The van der Waals surface area contributed by atoms with Crippen molar-refractivity contribution in [2.75, 3.05) is 19.0 Å². The van der Waals surface area contributed by atoms with Crippen LogP contribution in [0.15, 0.2) is 23.6 Å². The van der Waals surface area contributed by atoms with Crippen LogP contribution in [-0.4, -0.2) is 35.5 Å². The number of aromatic nitrogens is 1. The van der Waals surface area contributed by atoms with E-state index in [9.17, 15) is 19.7 Å². The van der Waals surface area contributed by atoms with Crippen molar-refractivity contribution in [2.24, 2.45) is 0 Å². The fourth-order valence-corrected chi connectivity index (χ4v) is 2.65. The largest absolute Gasteiger partial charge is 0.490 e. The molecular formula is C15H15N3O6S. The third-order valence-corrected chi connectivity index (χ3v) is 3.85. The van der Waals surface area contributed by atoms with Gasteiger partial charge >= 0.3 is 11.7 Å². The molecule has 0 saturated carbocycles. The molecule has 0 fully saturated rings. The molecule has 1 heterocycles. The van der Waals surface area contributed by atoms with Crippen LogP contribution < -0.4 is 10.1 Å². The van der Waals surface area contributed by atoms with Crippen LogP contribution in [0.2, 0.25) is 0 Å². The van der Waals surface area contributed by atoms with E-state index in [1.165, 1.54) is 25.3 Å². The number of thiazole rings is 1. The first-order valence-electron chi connectivity index (χ1n) is 7.18. The monoisotopic (exact) mass is 365 g/mol. The molecule has 0 unspecified atom stereocenters. The fraction of sp³-hybridized carbons (Fsp3) is 0.267. The number of nitro groups is 1. The third kappa shape index (κ3) is 4.73. The number of methoxy groups -OCH3 is 1. The van der Waals surface area contributed by atoms with Gasteiger partial charge in [0.1, 0.15) is 0 Å². The zero-order chi connectivity index (χ0) is 18.4. The van der Waals surface area contributed by atoms with Crippen molar-refractivity contribution in [1.82, 2.24) is 4.98 Å². The summed E-state index contributed by atoms with van der Waals surface area (Å²) >= 11 is 1.16. The highest BCUT2D eigenvalue weighted by molar-refractivity contribution is 7.14. The summed E-state index contributed by atoms with van der Waals surface area (Å²) in [7, 11) is 1.28. The van der Waals surface area contributed by atoms with E-state index >= 15 is 0 Å². The number of anilines is 1. The van der Waals surface area contributed by atoms with Crippen molar-refractivity contribution in [3.8, 4) is 5.75 Å². The van der Waals surface area contributed by atoms with E-state index in [4.69, 9.17) is 9.47 Å². The Kier molecular flexibility index (Phi) is 6.01. The molecule has 1 aromatic heterocycles. The summed E-state index contributed by atoms with van der Waals surface area (Å²) < 4.78 is 9.76. The Morgan fingerprint density at radius 1 is 1.40 bits per heavy atom. The molecule has 25 heavy (non-hydrogen) atoms. The van der Waals surface area contributed by atoms with E-state index in [0.29, 0.717) is 10.8 Å². The molecule has 1 aromatic carbocycles. The van der Waals surface area contributed by atoms with Gasteiger partial charge in [-0.25, -0.2) is 4.98 Å². The topological polar surface area (TPSA) is 121 Å². The number of nitrogens with zero attached hydrogens (tertiary/aromatic N) is 2. The predicted molar refractivity (Wildman–Crippen MR) is 90.1 cm³/mol. The smallest absolute Gasteiger partial charge is 0.311 e. The molecule has 10 heteroatoms. The normalized spacial score (nSPS) is 10.2. The number of hydrogen-bond donors (Lipinski definition) is 1. The SMILES string of the molecule is CCOC(=O)Cc1csc(NC(=O)c2ccc([N+](=O)[O-])c(OC)c2)n1. The standard InChI is InChI=1S/C15H15N3O6S/c1-3-24-13(19)7-10-8-25-15(16-10)17-14(20)9-4-5-11(18(21)22)12(6-9)23-2/h4-6,8H,3,7H2,1-2H3,(H,16,17,20). The number of carbonyl (C=O) groups is 2. The van der Waals surface area contributed by atoms with Gasteiger partial charge in [0.05, 0.1) is 30.8 Å². The quantitative estimate of drug-likeness (QED) is 0.454. The number of ether oxygens (including phenoxy) is 2. The van der Waals surface area contributed by atoms with Gasteiger partial charge in [-0.05, 0) is 13.0 Å². The maximum Gasteiger partial charge on any atom is 0.311 e. The van der Waals surface area contributed by atoms with Gasteiger partial charge in [0.25, 0.3) is 5.91 Å². The molecule has 0 aliphatic rings. The number of nitrogens with one attached hydrogen (secondary N) is 1. The maximum absolute atomic E-state index is 12.2. The van der Waals surface area contributed by atoms with Gasteiger partial charge in [0.15, 0.2) is 10.9 Å². The summed E-state index contributed by atoms with van der Waals surface area (Å²) in [6, 6.07) is 3.80. The summed E-state index contributed by atoms with van der Waals surface area (Å²) in [5, 5.41) is 15.4. The zero-order valence-corrected chi connectivity index (χ0v) is 14.3. The van der Waals surface area contributed by atoms with Crippen LogP contribution in [0, 0.1) is 10.1 Å². The van der Waals surface area contributed by atoms with Crippen LogP contribution in [-0.2, 0) is 16.0 Å². The molecule has 9 nitrogen and oxygen atoms in total. The lowest BCUT2D eigenvalue weighted by Crippen LogP contribution is -2.12. The number of rotatable bonds is 7. The number of amides is 1. The second-order valence-electron chi connectivity index (χ2n) is 4.72. The average Bonchev–Trinajstić information content (AvgIpc) is 3.00. The van der Waals surface area contributed by atoms with Gasteiger partial charge in [0, 0.05) is 23.1 Å². The highest BCUT2D eigenvalue weighted by Crippen LogP contribution is 2.28. The molecule has 2 rings (SSSR count). The summed E-state index contributed by atoms with van der Waals surface area (Å²) in [5.41, 5.74) is 0.439. The fourth-order valence-electron chi connectivity index (χ4n) is 1.94. The van der Waals surface area contributed by atoms with E-state index in [1.54, 1.807) is 12.3 Å². The number of esters is 1. The van der Waals surface area contributed by atoms with Crippen molar-refractivity contribution in [1.29, 1.82) is 0 Å². The molecule has 0 aliphatic heterocycles. The summed E-state index contributed by atoms with van der Waals surface area (Å²) in [4.78, 5) is 38.1.